The Labute approximate surface area is 193 Å². The fourth-order valence-corrected chi connectivity index (χ4v) is 4.19. The topological polar surface area (TPSA) is 84.9 Å². The Morgan fingerprint density at radius 2 is 1.76 bits per heavy atom. The maximum Gasteiger partial charge on any atom is 0.338 e. The van der Waals surface area contributed by atoms with E-state index < -0.39 is 23.5 Å². The minimum Gasteiger partial charge on any atom is -0.457 e. The quantitative estimate of drug-likeness (QED) is 0.415. The molecular formula is C27H27NO5. The highest BCUT2D eigenvalue weighted by atomic mass is 16.5. The molecule has 1 heterocycles. The van der Waals surface area contributed by atoms with Crippen LogP contribution in [0.2, 0.25) is 0 Å². The van der Waals surface area contributed by atoms with Gasteiger partial charge in [-0.1, -0.05) is 56.3 Å². The molecule has 0 radical (unpaired) electrons. The van der Waals surface area contributed by atoms with Crippen molar-refractivity contribution in [2.24, 2.45) is 5.41 Å². The van der Waals surface area contributed by atoms with Gasteiger partial charge in [-0.2, -0.15) is 0 Å². The smallest absolute Gasteiger partial charge is 0.338 e. The van der Waals surface area contributed by atoms with Crippen molar-refractivity contribution >= 4 is 17.6 Å². The second-order valence-corrected chi connectivity index (χ2v) is 8.83. The Kier molecular flexibility index (Phi) is 6.20. The Morgan fingerprint density at radius 3 is 2.48 bits per heavy atom. The maximum absolute atomic E-state index is 12.7. The third-order valence-electron chi connectivity index (χ3n) is 6.00. The number of ether oxygens (including phenoxy) is 2. The van der Waals surface area contributed by atoms with Gasteiger partial charge in [-0.3, -0.25) is 4.79 Å². The summed E-state index contributed by atoms with van der Waals surface area (Å²) in [5.74, 6) is -0.429. The number of carbonyl (C=O) groups is 2. The highest BCUT2D eigenvalue weighted by Crippen LogP contribution is 2.52. The van der Waals surface area contributed by atoms with Crippen LogP contribution < -0.4 is 10.1 Å². The van der Waals surface area contributed by atoms with Crippen LogP contribution in [0.4, 0.5) is 5.69 Å². The lowest BCUT2D eigenvalue weighted by Gasteiger charge is -2.45. The molecule has 0 bridgehead atoms. The first-order valence-electron chi connectivity index (χ1n) is 10.8. The number of hydrogen-bond donors (Lipinski definition) is 2. The third kappa shape index (κ3) is 4.76. The van der Waals surface area contributed by atoms with Crippen molar-refractivity contribution in [1.82, 2.24) is 0 Å². The highest BCUT2D eigenvalue weighted by Gasteiger charge is 2.43. The van der Waals surface area contributed by atoms with Crippen molar-refractivity contribution in [2.45, 2.75) is 39.5 Å². The number of hydrogen-bond acceptors (Lipinski definition) is 6. The molecule has 0 amide bonds. The Hall–Kier alpha value is -3.64. The maximum atomic E-state index is 12.7. The lowest BCUT2D eigenvalue weighted by molar-refractivity contribution is -0.131. The average Bonchev–Trinajstić information content (AvgIpc) is 2.80. The van der Waals surface area contributed by atoms with E-state index >= 15 is 0 Å². The summed E-state index contributed by atoms with van der Waals surface area (Å²) in [5.41, 5.74) is 3.03. The molecule has 2 N–H and O–H groups in total. The Morgan fingerprint density at radius 1 is 1.00 bits per heavy atom. The van der Waals surface area contributed by atoms with E-state index in [1.54, 1.807) is 30.3 Å². The molecule has 0 saturated heterocycles. The van der Waals surface area contributed by atoms with Crippen molar-refractivity contribution in [1.29, 1.82) is 0 Å². The molecule has 1 aliphatic heterocycles. The summed E-state index contributed by atoms with van der Waals surface area (Å²) >= 11 is 0. The molecule has 0 aliphatic carbocycles. The number of aliphatic hydroxyl groups excluding tert-OH is 1. The van der Waals surface area contributed by atoms with Gasteiger partial charge in [0, 0.05) is 23.6 Å². The van der Waals surface area contributed by atoms with Crippen molar-refractivity contribution in [2.75, 3.05) is 5.32 Å². The van der Waals surface area contributed by atoms with Crippen LogP contribution in [-0.4, -0.2) is 17.0 Å². The van der Waals surface area contributed by atoms with Gasteiger partial charge in [0.1, 0.15) is 12.4 Å². The summed E-state index contributed by atoms with van der Waals surface area (Å²) in [5, 5.41) is 14.7. The number of esters is 2. The van der Waals surface area contributed by atoms with Gasteiger partial charge >= 0.3 is 11.9 Å². The predicted octanol–water partition coefficient (Wildman–Crippen LogP) is 5.20. The van der Waals surface area contributed by atoms with Gasteiger partial charge < -0.3 is 19.9 Å². The molecule has 0 fully saturated rings. The predicted molar refractivity (Wildman–Crippen MR) is 125 cm³/mol. The number of anilines is 1. The van der Waals surface area contributed by atoms with Gasteiger partial charge in [-0.15, -0.1) is 0 Å². The number of nitrogens with one attached hydrogen (secondary N) is 1. The van der Waals surface area contributed by atoms with E-state index in [1.807, 2.05) is 56.3 Å². The van der Waals surface area contributed by atoms with Crippen LogP contribution in [0.3, 0.4) is 0 Å². The number of rotatable bonds is 5. The van der Waals surface area contributed by atoms with Gasteiger partial charge in [-0.05, 0) is 41.5 Å². The van der Waals surface area contributed by atoms with Crippen LogP contribution in [0, 0.1) is 5.41 Å². The van der Waals surface area contributed by atoms with E-state index in [0.29, 0.717) is 16.9 Å². The largest absolute Gasteiger partial charge is 0.457 e. The van der Waals surface area contributed by atoms with E-state index in [1.165, 1.54) is 6.92 Å². The molecule has 0 spiro atoms. The standard InChI is InChI=1S/C27H27NO5/c1-17(29)33-21-12-13-23-22(15-21)25(30)27(2,3)24(28-23)19-10-7-11-20(14-19)26(31)32-16-18-8-5-4-6-9-18/h4-15,24-25,28,30H,16H2,1-3H3. The van der Waals surface area contributed by atoms with Crippen molar-refractivity contribution in [3.63, 3.8) is 0 Å². The fourth-order valence-electron chi connectivity index (χ4n) is 4.19. The summed E-state index contributed by atoms with van der Waals surface area (Å²) in [6, 6.07) is 21.7. The van der Waals surface area contributed by atoms with Crippen LogP contribution in [-0.2, 0) is 16.1 Å². The summed E-state index contributed by atoms with van der Waals surface area (Å²) in [4.78, 5) is 24.0. The number of fused-ring (bicyclic) bond motifs is 1. The summed E-state index contributed by atoms with van der Waals surface area (Å²) < 4.78 is 10.7. The summed E-state index contributed by atoms with van der Waals surface area (Å²) in [6.45, 7) is 5.45. The van der Waals surface area contributed by atoms with Crippen molar-refractivity contribution in [3.05, 3.63) is 95.1 Å². The Balaban J connectivity index is 1.57. The van der Waals surface area contributed by atoms with E-state index in [4.69, 9.17) is 9.47 Å². The first-order chi connectivity index (χ1) is 15.8. The molecule has 2 unspecified atom stereocenters. The zero-order valence-electron chi connectivity index (χ0n) is 18.9. The summed E-state index contributed by atoms with van der Waals surface area (Å²) in [7, 11) is 0. The van der Waals surface area contributed by atoms with Gasteiger partial charge in [0.2, 0.25) is 0 Å². The molecule has 0 aromatic heterocycles. The number of aliphatic hydroxyl groups is 1. The second kappa shape index (κ2) is 9.08. The van der Waals surface area contributed by atoms with Crippen LogP contribution >= 0.6 is 0 Å². The highest BCUT2D eigenvalue weighted by molar-refractivity contribution is 5.89. The van der Waals surface area contributed by atoms with E-state index in [0.717, 1.165) is 16.8 Å². The minimum absolute atomic E-state index is 0.202. The normalized spacial score (nSPS) is 18.5. The van der Waals surface area contributed by atoms with Gasteiger partial charge in [0.05, 0.1) is 17.7 Å². The molecule has 6 nitrogen and oxygen atoms in total. The first-order valence-corrected chi connectivity index (χ1v) is 10.8. The molecule has 6 heteroatoms. The third-order valence-corrected chi connectivity index (χ3v) is 6.00. The minimum atomic E-state index is -0.817. The monoisotopic (exact) mass is 445 g/mol. The molecule has 1 aliphatic rings. The molecule has 33 heavy (non-hydrogen) atoms. The molecule has 3 aromatic carbocycles. The number of carbonyl (C=O) groups excluding carboxylic acids is 2. The zero-order chi connectivity index (χ0) is 23.6. The van der Waals surface area contributed by atoms with E-state index in [9.17, 15) is 14.7 Å². The zero-order valence-corrected chi connectivity index (χ0v) is 18.9. The lowest BCUT2D eigenvalue weighted by atomic mass is 9.70. The van der Waals surface area contributed by atoms with Gasteiger partial charge in [0.25, 0.3) is 0 Å². The van der Waals surface area contributed by atoms with Crippen LogP contribution in [0.5, 0.6) is 5.75 Å². The van der Waals surface area contributed by atoms with E-state index in [-0.39, 0.29) is 12.6 Å². The molecule has 2 atom stereocenters. The second-order valence-electron chi connectivity index (χ2n) is 8.83. The average molecular weight is 446 g/mol. The van der Waals surface area contributed by atoms with Crippen LogP contribution in [0.15, 0.2) is 72.8 Å². The summed E-state index contributed by atoms with van der Waals surface area (Å²) in [6.07, 6.45) is -0.817. The molecular weight excluding hydrogens is 418 g/mol. The van der Waals surface area contributed by atoms with Crippen molar-refractivity contribution in [3.8, 4) is 5.75 Å². The molecule has 0 saturated carbocycles. The number of benzene rings is 3. The Bertz CT molecular complexity index is 1170. The van der Waals surface area contributed by atoms with Crippen LogP contribution in [0.1, 0.15) is 60.0 Å². The molecule has 4 rings (SSSR count). The molecule has 3 aromatic rings. The lowest BCUT2D eigenvalue weighted by Crippen LogP contribution is -2.38. The van der Waals surface area contributed by atoms with Gasteiger partial charge in [0.15, 0.2) is 0 Å². The van der Waals surface area contributed by atoms with E-state index in [2.05, 4.69) is 5.32 Å². The van der Waals surface area contributed by atoms with Gasteiger partial charge in [-0.25, -0.2) is 4.79 Å². The fraction of sp³-hybridized carbons (Fsp3) is 0.259. The van der Waals surface area contributed by atoms with Crippen LogP contribution in [0.25, 0.3) is 0 Å². The first kappa shape index (κ1) is 22.6. The van der Waals surface area contributed by atoms with Crippen molar-refractivity contribution < 1.29 is 24.2 Å². The molecule has 170 valence electrons. The SMILES string of the molecule is CC(=O)Oc1ccc2c(c1)C(O)C(C)(C)C(c1cccc(C(=O)OCc3ccccc3)c1)N2.